The largest absolute Gasteiger partial charge is 0.324 e. The highest BCUT2D eigenvalue weighted by Crippen LogP contribution is 2.24. The Balaban J connectivity index is 1.62. The van der Waals surface area contributed by atoms with Crippen LogP contribution in [0.5, 0.6) is 0 Å². The van der Waals surface area contributed by atoms with Crippen LogP contribution in [0.2, 0.25) is 10.0 Å². The first-order valence-corrected chi connectivity index (χ1v) is 11.4. The normalized spacial score (nSPS) is 10.9. The topological polar surface area (TPSA) is 130 Å². The molecule has 0 fully saturated rings. The number of hydrogen-bond donors (Lipinski definition) is 3. The minimum absolute atomic E-state index is 0.0248. The molecule has 0 aliphatic carbocycles. The molecule has 0 radical (unpaired) electrons. The van der Waals surface area contributed by atoms with Gasteiger partial charge in [0.1, 0.15) is 0 Å². The summed E-state index contributed by atoms with van der Waals surface area (Å²) in [5.41, 5.74) is 6.90. The first-order chi connectivity index (χ1) is 17.3. The van der Waals surface area contributed by atoms with E-state index in [2.05, 4.69) is 36.1 Å². The van der Waals surface area contributed by atoms with E-state index in [0.29, 0.717) is 21.3 Å². The third-order valence-electron chi connectivity index (χ3n) is 5.09. The monoisotopic (exact) mass is 522 g/mol. The molecule has 10 nitrogen and oxygen atoms in total. The molecule has 36 heavy (non-hydrogen) atoms. The standard InChI is InChI=1S/C24H20Cl2N8O2/c1-14-6-7-17(12-15(14)2)29-23-30-22(28-16-8-10-18(11-9-16)34(35)36)31-24(32-23)33-27-13-19-20(25)4-3-5-21(19)26/h3-13H,1-2H3,(H3,28,29,30,31,32,33)/b27-13+. The fourth-order valence-electron chi connectivity index (χ4n) is 3.07. The third kappa shape index (κ3) is 6.23. The summed E-state index contributed by atoms with van der Waals surface area (Å²) in [4.78, 5) is 23.6. The van der Waals surface area contributed by atoms with Gasteiger partial charge in [-0.05, 0) is 61.4 Å². The Bertz CT molecular complexity index is 1420. The van der Waals surface area contributed by atoms with Gasteiger partial charge in [0.25, 0.3) is 5.69 Å². The Morgan fingerprint density at radius 2 is 1.42 bits per heavy atom. The number of rotatable bonds is 8. The van der Waals surface area contributed by atoms with E-state index in [-0.39, 0.29) is 23.5 Å². The van der Waals surface area contributed by atoms with Crippen molar-refractivity contribution in [1.29, 1.82) is 0 Å². The van der Waals surface area contributed by atoms with E-state index in [4.69, 9.17) is 23.2 Å². The number of hydrazone groups is 1. The van der Waals surface area contributed by atoms with E-state index in [9.17, 15) is 10.1 Å². The van der Waals surface area contributed by atoms with Crippen molar-refractivity contribution in [2.45, 2.75) is 13.8 Å². The molecule has 12 heteroatoms. The molecule has 0 aliphatic heterocycles. The van der Waals surface area contributed by atoms with Gasteiger partial charge in [-0.3, -0.25) is 10.1 Å². The quantitative estimate of drug-likeness (QED) is 0.133. The maximum atomic E-state index is 10.9. The van der Waals surface area contributed by atoms with Gasteiger partial charge in [0.15, 0.2) is 0 Å². The molecular weight excluding hydrogens is 503 g/mol. The van der Waals surface area contributed by atoms with Gasteiger partial charge in [-0.15, -0.1) is 0 Å². The fraction of sp³-hybridized carbons (Fsp3) is 0.0833. The van der Waals surface area contributed by atoms with Crippen LogP contribution >= 0.6 is 23.2 Å². The maximum Gasteiger partial charge on any atom is 0.269 e. The number of nitro benzene ring substituents is 1. The Labute approximate surface area is 216 Å². The Morgan fingerprint density at radius 3 is 2.03 bits per heavy atom. The number of non-ortho nitro benzene ring substituents is 1. The van der Waals surface area contributed by atoms with Crippen molar-refractivity contribution in [3.63, 3.8) is 0 Å². The van der Waals surface area contributed by atoms with Crippen LogP contribution < -0.4 is 16.1 Å². The van der Waals surface area contributed by atoms with Crippen LogP contribution in [0.3, 0.4) is 0 Å². The molecule has 0 saturated carbocycles. The highest BCUT2D eigenvalue weighted by molar-refractivity contribution is 6.38. The number of hydrogen-bond acceptors (Lipinski definition) is 9. The molecule has 0 amide bonds. The summed E-state index contributed by atoms with van der Waals surface area (Å²) in [6, 6.07) is 16.9. The van der Waals surface area contributed by atoms with Crippen molar-refractivity contribution < 1.29 is 4.92 Å². The summed E-state index contributed by atoms with van der Waals surface area (Å²) in [6.07, 6.45) is 1.47. The van der Waals surface area contributed by atoms with Gasteiger partial charge in [0, 0.05) is 29.1 Å². The molecule has 1 heterocycles. The Morgan fingerprint density at radius 1 is 0.833 bits per heavy atom. The fourth-order valence-corrected chi connectivity index (χ4v) is 3.57. The van der Waals surface area contributed by atoms with Crippen LogP contribution in [0.1, 0.15) is 16.7 Å². The Kier molecular flexibility index (Phi) is 7.57. The van der Waals surface area contributed by atoms with Crippen molar-refractivity contribution in [3.8, 4) is 0 Å². The summed E-state index contributed by atoms with van der Waals surface area (Å²) >= 11 is 12.4. The second-order valence-electron chi connectivity index (χ2n) is 7.66. The smallest absolute Gasteiger partial charge is 0.269 e. The lowest BCUT2D eigenvalue weighted by Crippen LogP contribution is -2.07. The van der Waals surface area contributed by atoms with Crippen LogP contribution in [-0.4, -0.2) is 26.1 Å². The zero-order valence-electron chi connectivity index (χ0n) is 19.2. The summed E-state index contributed by atoms with van der Waals surface area (Å²) in [5.74, 6) is 0.588. The molecule has 3 N–H and O–H groups in total. The summed E-state index contributed by atoms with van der Waals surface area (Å²) in [6.45, 7) is 4.04. The molecule has 1 aromatic heterocycles. The molecular formula is C24H20Cl2N8O2. The van der Waals surface area contributed by atoms with Gasteiger partial charge in [0.05, 0.1) is 21.2 Å². The molecule has 0 spiro atoms. The van der Waals surface area contributed by atoms with Gasteiger partial charge in [-0.1, -0.05) is 35.3 Å². The van der Waals surface area contributed by atoms with Gasteiger partial charge in [-0.25, -0.2) is 5.43 Å². The number of aryl methyl sites for hydroxylation is 2. The number of nitro groups is 1. The minimum Gasteiger partial charge on any atom is -0.324 e. The van der Waals surface area contributed by atoms with Crippen LogP contribution in [0, 0.1) is 24.0 Å². The minimum atomic E-state index is -0.469. The molecule has 4 rings (SSSR count). The van der Waals surface area contributed by atoms with Crippen molar-refractivity contribution in [2.75, 3.05) is 16.1 Å². The predicted octanol–water partition coefficient (Wildman–Crippen LogP) is 6.64. The number of benzene rings is 3. The summed E-state index contributed by atoms with van der Waals surface area (Å²) in [7, 11) is 0. The number of anilines is 5. The van der Waals surface area contributed by atoms with Crippen LogP contribution in [0.15, 0.2) is 65.8 Å². The maximum absolute atomic E-state index is 10.9. The van der Waals surface area contributed by atoms with Crippen molar-refractivity contribution in [1.82, 2.24) is 15.0 Å². The van der Waals surface area contributed by atoms with Gasteiger partial charge < -0.3 is 10.6 Å². The van der Waals surface area contributed by atoms with Crippen molar-refractivity contribution >= 4 is 64.3 Å². The number of nitrogens with one attached hydrogen (secondary N) is 3. The van der Waals surface area contributed by atoms with E-state index in [1.807, 2.05) is 32.0 Å². The SMILES string of the molecule is Cc1ccc(Nc2nc(N/N=C/c3c(Cl)cccc3Cl)nc(Nc3ccc([N+](=O)[O-])cc3)n2)cc1C. The molecule has 0 atom stereocenters. The van der Waals surface area contributed by atoms with Gasteiger partial charge in [-0.2, -0.15) is 20.1 Å². The van der Waals surface area contributed by atoms with Crippen LogP contribution in [0.25, 0.3) is 0 Å². The lowest BCUT2D eigenvalue weighted by atomic mass is 10.1. The van der Waals surface area contributed by atoms with Crippen LogP contribution in [0.4, 0.5) is 34.9 Å². The second-order valence-corrected chi connectivity index (χ2v) is 8.48. The molecule has 4 aromatic rings. The summed E-state index contributed by atoms with van der Waals surface area (Å²) in [5, 5.41) is 22.2. The zero-order valence-corrected chi connectivity index (χ0v) is 20.7. The number of halogens is 2. The second kappa shape index (κ2) is 11.0. The van der Waals surface area contributed by atoms with E-state index in [1.165, 1.54) is 18.3 Å². The average molecular weight is 523 g/mol. The lowest BCUT2D eigenvalue weighted by Gasteiger charge is -2.11. The van der Waals surface area contributed by atoms with Crippen molar-refractivity contribution in [2.24, 2.45) is 5.10 Å². The van der Waals surface area contributed by atoms with Crippen LogP contribution in [-0.2, 0) is 0 Å². The molecule has 0 unspecified atom stereocenters. The van der Waals surface area contributed by atoms with E-state index in [0.717, 1.165) is 16.8 Å². The first kappa shape index (κ1) is 24.8. The third-order valence-corrected chi connectivity index (χ3v) is 5.75. The number of aromatic nitrogens is 3. The average Bonchev–Trinajstić information content (AvgIpc) is 2.83. The molecule has 182 valence electrons. The highest BCUT2D eigenvalue weighted by Gasteiger charge is 2.10. The molecule has 3 aromatic carbocycles. The molecule has 0 aliphatic rings. The first-order valence-electron chi connectivity index (χ1n) is 10.6. The number of nitrogens with zero attached hydrogens (tertiary/aromatic N) is 5. The predicted molar refractivity (Wildman–Crippen MR) is 143 cm³/mol. The zero-order chi connectivity index (χ0) is 25.7. The lowest BCUT2D eigenvalue weighted by molar-refractivity contribution is -0.384. The van der Waals surface area contributed by atoms with E-state index < -0.39 is 4.92 Å². The van der Waals surface area contributed by atoms with E-state index in [1.54, 1.807) is 30.3 Å². The van der Waals surface area contributed by atoms with Crippen molar-refractivity contribution in [3.05, 3.63) is 97.5 Å². The van der Waals surface area contributed by atoms with Gasteiger partial charge in [0.2, 0.25) is 17.8 Å². The molecule has 0 bridgehead atoms. The van der Waals surface area contributed by atoms with E-state index >= 15 is 0 Å². The summed E-state index contributed by atoms with van der Waals surface area (Å²) < 4.78 is 0. The highest BCUT2D eigenvalue weighted by atomic mass is 35.5. The Hall–Kier alpha value is -4.28. The van der Waals surface area contributed by atoms with Gasteiger partial charge >= 0.3 is 0 Å². The molecule has 0 saturated heterocycles.